The van der Waals surface area contributed by atoms with E-state index >= 15 is 0 Å². The van der Waals surface area contributed by atoms with Crippen molar-refractivity contribution in [2.45, 2.75) is 39.5 Å². The number of hydrogen-bond donors (Lipinski definition) is 0. The number of benzene rings is 4. The van der Waals surface area contributed by atoms with E-state index < -0.39 is 0 Å². The smallest absolute Gasteiger partial charge is 0.127 e. The molecule has 0 unspecified atom stereocenters. The van der Waals surface area contributed by atoms with Crippen LogP contribution in [-0.2, 0) is 0 Å². The highest BCUT2D eigenvalue weighted by Gasteiger charge is 2.02. The van der Waals surface area contributed by atoms with E-state index in [9.17, 15) is 0 Å². The molecule has 0 heterocycles. The molecule has 0 N–H and O–H groups in total. The van der Waals surface area contributed by atoms with Crippen molar-refractivity contribution in [1.82, 2.24) is 0 Å². The van der Waals surface area contributed by atoms with Gasteiger partial charge in [0.25, 0.3) is 0 Å². The van der Waals surface area contributed by atoms with Crippen molar-refractivity contribution in [3.05, 3.63) is 120 Å². The third-order valence-electron chi connectivity index (χ3n) is 5.03. The van der Waals surface area contributed by atoms with Gasteiger partial charge in [0.15, 0.2) is 0 Å². The third-order valence-corrected chi connectivity index (χ3v) is 5.03. The molecule has 164 valence electrons. The molecule has 0 fully saturated rings. The zero-order valence-electron chi connectivity index (χ0n) is 19.4. The molecule has 0 aromatic heterocycles. The molecule has 0 atom stereocenters. The average Bonchev–Trinajstić information content (AvgIpc) is 2.81. The fourth-order valence-corrected chi connectivity index (χ4v) is 3.11. The standard InChI is InChI=1S/2C15H16O/c1-12(2)13-7-6-10-15(11-13)16-14-8-4-3-5-9-14;1-12(2)13-8-10-15(11-9-13)16-14-6-4-3-5-7-14/h2*3-12H,1-2H3. The van der Waals surface area contributed by atoms with Crippen molar-refractivity contribution in [2.24, 2.45) is 0 Å². The first-order chi connectivity index (χ1) is 15.5. The molecule has 0 amide bonds. The van der Waals surface area contributed by atoms with Crippen LogP contribution in [0.3, 0.4) is 0 Å². The number of para-hydroxylation sites is 2. The monoisotopic (exact) mass is 424 g/mol. The van der Waals surface area contributed by atoms with Gasteiger partial charge < -0.3 is 9.47 Å². The van der Waals surface area contributed by atoms with E-state index in [1.54, 1.807) is 0 Å². The SMILES string of the molecule is CC(C)c1ccc(Oc2ccccc2)cc1.CC(C)c1cccc(Oc2ccccc2)c1. The summed E-state index contributed by atoms with van der Waals surface area (Å²) < 4.78 is 11.5. The fourth-order valence-electron chi connectivity index (χ4n) is 3.11. The summed E-state index contributed by atoms with van der Waals surface area (Å²) in [5.41, 5.74) is 2.63. The summed E-state index contributed by atoms with van der Waals surface area (Å²) in [7, 11) is 0. The van der Waals surface area contributed by atoms with Gasteiger partial charge in [0.2, 0.25) is 0 Å². The predicted molar refractivity (Wildman–Crippen MR) is 134 cm³/mol. The van der Waals surface area contributed by atoms with Crippen molar-refractivity contribution >= 4 is 0 Å². The highest BCUT2D eigenvalue weighted by Crippen LogP contribution is 2.25. The topological polar surface area (TPSA) is 18.5 Å². The molecule has 4 rings (SSSR count). The minimum absolute atomic E-state index is 0.527. The molecule has 0 aliphatic heterocycles. The molecule has 4 aromatic rings. The summed E-state index contributed by atoms with van der Waals surface area (Å²) in [6, 6.07) is 36.2. The van der Waals surface area contributed by atoms with Crippen LogP contribution in [0.4, 0.5) is 0 Å². The molecule has 0 saturated heterocycles. The minimum Gasteiger partial charge on any atom is -0.457 e. The lowest BCUT2D eigenvalue weighted by molar-refractivity contribution is 0.481. The van der Waals surface area contributed by atoms with Crippen LogP contribution in [0.1, 0.15) is 50.7 Å². The molecular formula is C30H32O2. The quantitative estimate of drug-likeness (QED) is 0.307. The number of hydrogen-bond acceptors (Lipinski definition) is 2. The van der Waals surface area contributed by atoms with Gasteiger partial charge in [0.1, 0.15) is 23.0 Å². The van der Waals surface area contributed by atoms with E-state index in [1.807, 2.05) is 84.9 Å². The van der Waals surface area contributed by atoms with Crippen LogP contribution in [0.5, 0.6) is 23.0 Å². The zero-order valence-corrected chi connectivity index (χ0v) is 19.4. The van der Waals surface area contributed by atoms with E-state index in [1.165, 1.54) is 11.1 Å². The van der Waals surface area contributed by atoms with Gasteiger partial charge in [0, 0.05) is 0 Å². The van der Waals surface area contributed by atoms with E-state index in [4.69, 9.17) is 9.47 Å². The molecular weight excluding hydrogens is 392 g/mol. The van der Waals surface area contributed by atoms with Crippen molar-refractivity contribution in [3.8, 4) is 23.0 Å². The Morgan fingerprint density at radius 3 is 1.34 bits per heavy atom. The second-order valence-corrected chi connectivity index (χ2v) is 8.28. The molecule has 0 saturated carbocycles. The first kappa shape index (κ1) is 23.1. The van der Waals surface area contributed by atoms with Crippen LogP contribution in [0.2, 0.25) is 0 Å². The molecule has 0 radical (unpaired) electrons. The van der Waals surface area contributed by atoms with E-state index in [0.717, 1.165) is 23.0 Å². The summed E-state index contributed by atoms with van der Waals surface area (Å²) in [4.78, 5) is 0. The lowest BCUT2D eigenvalue weighted by atomic mass is 10.0. The Morgan fingerprint density at radius 2 is 0.844 bits per heavy atom. The van der Waals surface area contributed by atoms with Gasteiger partial charge in [-0.2, -0.15) is 0 Å². The van der Waals surface area contributed by atoms with Crippen LogP contribution in [0, 0.1) is 0 Å². The van der Waals surface area contributed by atoms with Crippen LogP contribution in [0.15, 0.2) is 109 Å². The van der Waals surface area contributed by atoms with Gasteiger partial charge in [-0.3, -0.25) is 0 Å². The molecule has 2 heteroatoms. The molecule has 32 heavy (non-hydrogen) atoms. The molecule has 0 spiro atoms. The molecule has 0 aliphatic carbocycles. The second kappa shape index (κ2) is 11.8. The van der Waals surface area contributed by atoms with Gasteiger partial charge in [0.05, 0.1) is 0 Å². The largest absolute Gasteiger partial charge is 0.457 e. The Bertz CT molecular complexity index is 1050. The van der Waals surface area contributed by atoms with Gasteiger partial charge in [-0.05, 0) is 71.5 Å². The summed E-state index contributed by atoms with van der Waals surface area (Å²) in [6.45, 7) is 8.74. The van der Waals surface area contributed by atoms with Crippen molar-refractivity contribution in [2.75, 3.05) is 0 Å². The van der Waals surface area contributed by atoms with Gasteiger partial charge in [-0.15, -0.1) is 0 Å². The summed E-state index contributed by atoms with van der Waals surface area (Å²) in [5, 5.41) is 0. The second-order valence-electron chi connectivity index (χ2n) is 8.28. The summed E-state index contributed by atoms with van der Waals surface area (Å²) in [6.07, 6.45) is 0. The average molecular weight is 425 g/mol. The van der Waals surface area contributed by atoms with Crippen LogP contribution in [-0.4, -0.2) is 0 Å². The highest BCUT2D eigenvalue weighted by molar-refractivity contribution is 5.35. The minimum atomic E-state index is 0.527. The van der Waals surface area contributed by atoms with Crippen LogP contribution in [0.25, 0.3) is 0 Å². The normalized spacial score (nSPS) is 10.4. The van der Waals surface area contributed by atoms with Crippen molar-refractivity contribution < 1.29 is 9.47 Å². The maximum atomic E-state index is 5.77. The lowest BCUT2D eigenvalue weighted by Crippen LogP contribution is -1.89. The van der Waals surface area contributed by atoms with E-state index in [0.29, 0.717) is 11.8 Å². The highest BCUT2D eigenvalue weighted by atomic mass is 16.5. The Balaban J connectivity index is 0.000000181. The molecule has 4 aromatic carbocycles. The number of rotatable bonds is 6. The maximum absolute atomic E-state index is 5.77. The Labute approximate surface area is 192 Å². The molecule has 0 bridgehead atoms. The third kappa shape index (κ3) is 7.31. The fraction of sp³-hybridized carbons (Fsp3) is 0.200. The predicted octanol–water partition coefficient (Wildman–Crippen LogP) is 9.20. The summed E-state index contributed by atoms with van der Waals surface area (Å²) >= 11 is 0. The van der Waals surface area contributed by atoms with Crippen molar-refractivity contribution in [1.29, 1.82) is 0 Å². The zero-order chi connectivity index (χ0) is 22.8. The van der Waals surface area contributed by atoms with Crippen molar-refractivity contribution in [3.63, 3.8) is 0 Å². The molecule has 2 nitrogen and oxygen atoms in total. The Hall–Kier alpha value is -3.52. The molecule has 0 aliphatic rings. The van der Waals surface area contributed by atoms with Crippen LogP contribution >= 0.6 is 0 Å². The number of ether oxygens (including phenoxy) is 2. The first-order valence-corrected chi connectivity index (χ1v) is 11.2. The lowest BCUT2D eigenvalue weighted by Gasteiger charge is -2.09. The Morgan fingerprint density at radius 1 is 0.406 bits per heavy atom. The van der Waals surface area contributed by atoms with E-state index in [2.05, 4.69) is 52.0 Å². The van der Waals surface area contributed by atoms with Gasteiger partial charge in [-0.1, -0.05) is 88.4 Å². The van der Waals surface area contributed by atoms with Crippen LogP contribution < -0.4 is 9.47 Å². The maximum Gasteiger partial charge on any atom is 0.127 e. The van der Waals surface area contributed by atoms with E-state index in [-0.39, 0.29) is 0 Å². The first-order valence-electron chi connectivity index (χ1n) is 11.2. The van der Waals surface area contributed by atoms with Gasteiger partial charge >= 0.3 is 0 Å². The Kier molecular flexibility index (Phi) is 8.51. The summed E-state index contributed by atoms with van der Waals surface area (Å²) in [5.74, 6) is 4.63. The van der Waals surface area contributed by atoms with Gasteiger partial charge in [-0.25, -0.2) is 0 Å².